The second-order valence-corrected chi connectivity index (χ2v) is 6.14. The van der Waals surface area contributed by atoms with Crippen LogP contribution in [-0.2, 0) is 16.1 Å². The molecule has 130 valence electrons. The molecule has 0 unspecified atom stereocenters. The Morgan fingerprint density at radius 3 is 2.32 bits per heavy atom. The molecular formula is C17H18N4O4. The quantitative estimate of drug-likeness (QED) is 0.611. The van der Waals surface area contributed by atoms with Crippen molar-refractivity contribution < 1.29 is 18.9 Å². The van der Waals surface area contributed by atoms with Gasteiger partial charge >= 0.3 is 17.8 Å². The molecule has 1 saturated heterocycles. The van der Waals surface area contributed by atoms with E-state index in [0.29, 0.717) is 5.89 Å². The number of benzene rings is 1. The lowest BCUT2D eigenvalue weighted by Gasteiger charge is -2.22. The van der Waals surface area contributed by atoms with Crippen molar-refractivity contribution in [2.75, 3.05) is 0 Å². The second-order valence-electron chi connectivity index (χ2n) is 6.14. The van der Waals surface area contributed by atoms with E-state index in [4.69, 9.17) is 4.52 Å². The standard InChI is InChI=1S/C17H18N4O4/c1-10(2)14-18-13(19-25-14)9-20-15(22)16(23)21(17(20)24)11(3)12-7-5-4-6-8-12/h4-8,10-11H,9H2,1-3H3/t11-/m1/s1. The fraction of sp³-hybridized carbons (Fsp3) is 0.353. The molecular weight excluding hydrogens is 324 g/mol. The number of carbonyl (C=O) groups is 3. The highest BCUT2D eigenvalue weighted by molar-refractivity contribution is 6.44. The summed E-state index contributed by atoms with van der Waals surface area (Å²) >= 11 is 0. The van der Waals surface area contributed by atoms with Crippen molar-refractivity contribution in [2.24, 2.45) is 0 Å². The van der Waals surface area contributed by atoms with Crippen molar-refractivity contribution in [1.29, 1.82) is 0 Å². The first-order valence-corrected chi connectivity index (χ1v) is 7.96. The van der Waals surface area contributed by atoms with E-state index in [2.05, 4.69) is 10.1 Å². The zero-order chi connectivity index (χ0) is 18.1. The van der Waals surface area contributed by atoms with E-state index in [0.717, 1.165) is 15.4 Å². The van der Waals surface area contributed by atoms with Gasteiger partial charge in [0.25, 0.3) is 0 Å². The van der Waals surface area contributed by atoms with E-state index < -0.39 is 23.9 Å². The van der Waals surface area contributed by atoms with Gasteiger partial charge in [0.1, 0.15) is 0 Å². The summed E-state index contributed by atoms with van der Waals surface area (Å²) < 4.78 is 5.07. The van der Waals surface area contributed by atoms with Gasteiger partial charge in [-0.1, -0.05) is 49.3 Å². The minimum atomic E-state index is -0.885. The van der Waals surface area contributed by atoms with Crippen LogP contribution < -0.4 is 0 Å². The highest BCUT2D eigenvalue weighted by atomic mass is 16.5. The number of urea groups is 1. The average Bonchev–Trinajstić information content (AvgIpc) is 3.15. The topological polar surface area (TPSA) is 96.6 Å². The van der Waals surface area contributed by atoms with Gasteiger partial charge in [-0.15, -0.1) is 0 Å². The Balaban J connectivity index is 1.81. The molecule has 0 saturated carbocycles. The summed E-state index contributed by atoms with van der Waals surface area (Å²) in [6, 6.07) is 7.82. The van der Waals surface area contributed by atoms with Crippen LogP contribution in [0.5, 0.6) is 0 Å². The Morgan fingerprint density at radius 1 is 1.04 bits per heavy atom. The third kappa shape index (κ3) is 3.02. The van der Waals surface area contributed by atoms with Gasteiger partial charge in [0.15, 0.2) is 5.82 Å². The first-order valence-electron chi connectivity index (χ1n) is 7.96. The molecule has 8 nitrogen and oxygen atoms in total. The molecule has 0 radical (unpaired) electrons. The largest absolute Gasteiger partial charge is 0.339 e. The number of amides is 4. The molecule has 1 atom stereocenters. The Kier molecular flexibility index (Phi) is 4.35. The van der Waals surface area contributed by atoms with E-state index in [1.54, 1.807) is 19.1 Å². The van der Waals surface area contributed by atoms with Crippen LogP contribution in [0, 0.1) is 0 Å². The maximum atomic E-state index is 12.6. The van der Waals surface area contributed by atoms with Crippen molar-refractivity contribution in [2.45, 2.75) is 39.3 Å². The number of rotatable bonds is 5. The zero-order valence-corrected chi connectivity index (χ0v) is 14.2. The second kappa shape index (κ2) is 6.46. The minimum absolute atomic E-state index is 0.0301. The molecule has 1 aromatic carbocycles. The molecule has 0 bridgehead atoms. The van der Waals surface area contributed by atoms with Crippen LogP contribution in [0.3, 0.4) is 0 Å². The van der Waals surface area contributed by atoms with Gasteiger partial charge in [0, 0.05) is 5.92 Å². The fourth-order valence-electron chi connectivity index (χ4n) is 2.59. The number of hydrogen-bond acceptors (Lipinski definition) is 6. The van der Waals surface area contributed by atoms with Gasteiger partial charge in [-0.2, -0.15) is 4.98 Å². The van der Waals surface area contributed by atoms with Crippen molar-refractivity contribution in [1.82, 2.24) is 19.9 Å². The van der Waals surface area contributed by atoms with Crippen molar-refractivity contribution in [3.8, 4) is 0 Å². The van der Waals surface area contributed by atoms with E-state index in [1.165, 1.54) is 0 Å². The molecule has 2 aromatic rings. The smallest absolute Gasteiger partial charge is 0.335 e. The lowest BCUT2D eigenvalue weighted by atomic mass is 10.1. The highest BCUT2D eigenvalue weighted by Gasteiger charge is 2.47. The zero-order valence-electron chi connectivity index (χ0n) is 14.2. The van der Waals surface area contributed by atoms with Crippen LogP contribution in [-0.4, -0.2) is 37.8 Å². The normalized spacial score (nSPS) is 16.2. The monoisotopic (exact) mass is 342 g/mol. The summed E-state index contributed by atoms with van der Waals surface area (Å²) in [5.41, 5.74) is 0.764. The first kappa shape index (κ1) is 16.8. The Hall–Kier alpha value is -3.03. The van der Waals surface area contributed by atoms with Crippen LogP contribution in [0.1, 0.15) is 50.0 Å². The van der Waals surface area contributed by atoms with Crippen molar-refractivity contribution >= 4 is 17.8 Å². The number of aromatic nitrogens is 2. The van der Waals surface area contributed by atoms with E-state index in [-0.39, 0.29) is 18.3 Å². The fourth-order valence-corrected chi connectivity index (χ4v) is 2.59. The molecule has 8 heteroatoms. The van der Waals surface area contributed by atoms with Crippen LogP contribution in [0.15, 0.2) is 34.9 Å². The number of carbonyl (C=O) groups excluding carboxylic acids is 3. The number of imide groups is 2. The van der Waals surface area contributed by atoms with Gasteiger partial charge in [-0.25, -0.2) is 14.6 Å². The van der Waals surface area contributed by atoms with Crippen molar-refractivity contribution in [3.05, 3.63) is 47.6 Å². The minimum Gasteiger partial charge on any atom is -0.339 e. The van der Waals surface area contributed by atoms with Gasteiger partial charge in [-0.3, -0.25) is 9.59 Å². The molecule has 3 rings (SSSR count). The average molecular weight is 342 g/mol. The molecule has 1 aromatic heterocycles. The summed E-state index contributed by atoms with van der Waals surface area (Å²) in [4.78, 5) is 43.1. The Morgan fingerprint density at radius 2 is 1.72 bits per heavy atom. The first-order chi connectivity index (χ1) is 11.9. The van der Waals surface area contributed by atoms with E-state index in [9.17, 15) is 14.4 Å². The molecule has 0 spiro atoms. The van der Waals surface area contributed by atoms with Crippen LogP contribution in [0.25, 0.3) is 0 Å². The van der Waals surface area contributed by atoms with Crippen molar-refractivity contribution in [3.63, 3.8) is 0 Å². The highest BCUT2D eigenvalue weighted by Crippen LogP contribution is 2.27. The Bertz CT molecular complexity index is 815. The maximum absolute atomic E-state index is 12.6. The van der Waals surface area contributed by atoms with Gasteiger partial charge in [-0.05, 0) is 12.5 Å². The summed E-state index contributed by atoms with van der Waals surface area (Å²) in [5, 5.41) is 3.76. The predicted octanol–water partition coefficient (Wildman–Crippen LogP) is 2.25. The van der Waals surface area contributed by atoms with E-state index in [1.807, 2.05) is 32.0 Å². The van der Waals surface area contributed by atoms with Gasteiger partial charge in [0.05, 0.1) is 12.6 Å². The summed E-state index contributed by atoms with van der Waals surface area (Å²) in [7, 11) is 0. The summed E-state index contributed by atoms with van der Waals surface area (Å²) in [6.07, 6.45) is 0. The summed E-state index contributed by atoms with van der Waals surface area (Å²) in [5.74, 6) is -1.11. The molecule has 0 N–H and O–H groups in total. The third-order valence-corrected chi connectivity index (χ3v) is 4.03. The van der Waals surface area contributed by atoms with Crippen LogP contribution in [0.2, 0.25) is 0 Å². The molecule has 0 aliphatic carbocycles. The molecule has 1 fully saturated rings. The molecule has 2 heterocycles. The lowest BCUT2D eigenvalue weighted by molar-refractivity contribution is -0.144. The maximum Gasteiger partial charge on any atom is 0.335 e. The lowest BCUT2D eigenvalue weighted by Crippen LogP contribution is -2.35. The van der Waals surface area contributed by atoms with Gasteiger partial charge < -0.3 is 4.52 Å². The SMILES string of the molecule is CC(C)c1nc(CN2C(=O)C(=O)N([C@H](C)c3ccccc3)C2=O)no1. The van der Waals surface area contributed by atoms with E-state index >= 15 is 0 Å². The Labute approximate surface area is 144 Å². The van der Waals surface area contributed by atoms with Gasteiger partial charge in [0.2, 0.25) is 5.89 Å². The molecule has 1 aliphatic heterocycles. The van der Waals surface area contributed by atoms with Crippen LogP contribution >= 0.6 is 0 Å². The third-order valence-electron chi connectivity index (χ3n) is 4.03. The molecule has 25 heavy (non-hydrogen) atoms. The molecule has 4 amide bonds. The summed E-state index contributed by atoms with van der Waals surface area (Å²) in [6.45, 7) is 5.28. The molecule has 1 aliphatic rings. The number of nitrogens with zero attached hydrogens (tertiary/aromatic N) is 4. The predicted molar refractivity (Wildman–Crippen MR) is 86.0 cm³/mol. The van der Waals surface area contributed by atoms with Crippen LogP contribution in [0.4, 0.5) is 4.79 Å². The number of hydrogen-bond donors (Lipinski definition) is 0.